The minimum Gasteiger partial charge on any atom is -0.491 e. The number of hydrogen-bond donors (Lipinski definition) is 1. The van der Waals surface area contributed by atoms with E-state index in [9.17, 15) is 18.0 Å². The molecule has 1 saturated carbocycles. The van der Waals surface area contributed by atoms with Crippen LogP contribution in [0.3, 0.4) is 0 Å². The Morgan fingerprint density at radius 1 is 1.31 bits per heavy atom. The number of benzene rings is 1. The number of nitrogens with zero attached hydrogens (tertiary/aromatic N) is 4. The molecule has 5 rings (SSSR count). The average Bonchev–Trinajstić information content (AvgIpc) is 3.38. The predicted molar refractivity (Wildman–Crippen MR) is 107 cm³/mol. The van der Waals surface area contributed by atoms with Gasteiger partial charge < -0.3 is 10.1 Å². The molecule has 0 unspecified atom stereocenters. The van der Waals surface area contributed by atoms with E-state index >= 15 is 0 Å². The number of fused-ring (bicyclic) bond motifs is 2. The normalized spacial score (nSPS) is 21.6. The lowest BCUT2D eigenvalue weighted by atomic mass is 10.0. The largest absolute Gasteiger partial charge is 0.491 e. The lowest BCUT2D eigenvalue weighted by Gasteiger charge is -2.35. The van der Waals surface area contributed by atoms with Crippen LogP contribution in [0.2, 0.25) is 0 Å². The molecule has 3 aliphatic rings. The number of rotatable bonds is 4. The molecule has 3 heterocycles. The summed E-state index contributed by atoms with van der Waals surface area (Å²) in [4.78, 5) is 14.7. The maximum atomic E-state index is 13.0. The van der Waals surface area contributed by atoms with E-state index in [1.165, 1.54) is 0 Å². The zero-order valence-corrected chi connectivity index (χ0v) is 17.3. The van der Waals surface area contributed by atoms with E-state index < -0.39 is 18.1 Å². The van der Waals surface area contributed by atoms with Crippen molar-refractivity contribution in [3.8, 4) is 11.8 Å². The van der Waals surface area contributed by atoms with Crippen LogP contribution in [0.5, 0.6) is 5.75 Å². The van der Waals surface area contributed by atoms with Crippen LogP contribution in [0.15, 0.2) is 24.3 Å². The van der Waals surface area contributed by atoms with Gasteiger partial charge in [0.2, 0.25) is 0 Å². The SMILES string of the molecule is N#Cc1ccc2c(c1)C[C@@H](NC(=O)c1cc3n(n1)CCN(C1(CC(F)(F)F)CC1)C3)CO2. The summed E-state index contributed by atoms with van der Waals surface area (Å²) in [6.07, 6.45) is -3.35. The summed E-state index contributed by atoms with van der Waals surface area (Å²) < 4.78 is 46.4. The highest BCUT2D eigenvalue weighted by atomic mass is 19.4. The molecule has 1 aromatic heterocycles. The Labute approximate surface area is 182 Å². The minimum atomic E-state index is -4.19. The number of hydrogen-bond acceptors (Lipinski definition) is 5. The number of aromatic nitrogens is 2. The summed E-state index contributed by atoms with van der Waals surface area (Å²) in [6.45, 7) is 1.61. The third-order valence-electron chi connectivity index (χ3n) is 6.49. The smallest absolute Gasteiger partial charge is 0.390 e. The van der Waals surface area contributed by atoms with Gasteiger partial charge in [0.25, 0.3) is 5.91 Å². The third-order valence-corrected chi connectivity index (χ3v) is 6.49. The topological polar surface area (TPSA) is 83.2 Å². The van der Waals surface area contributed by atoms with E-state index in [0.717, 1.165) is 11.3 Å². The van der Waals surface area contributed by atoms with Gasteiger partial charge in [0, 0.05) is 18.6 Å². The first kappa shape index (κ1) is 20.8. The van der Waals surface area contributed by atoms with Gasteiger partial charge in [0.1, 0.15) is 12.4 Å². The van der Waals surface area contributed by atoms with Crippen molar-refractivity contribution in [2.75, 3.05) is 13.2 Å². The molecular weight excluding hydrogens is 423 g/mol. The number of alkyl halides is 3. The molecule has 1 aliphatic carbocycles. The lowest BCUT2D eigenvalue weighted by Crippen LogP contribution is -2.45. The number of carbonyl (C=O) groups is 1. The van der Waals surface area contributed by atoms with Gasteiger partial charge in [-0.05, 0) is 49.1 Å². The lowest BCUT2D eigenvalue weighted by molar-refractivity contribution is -0.152. The van der Waals surface area contributed by atoms with Crippen LogP contribution in [0.25, 0.3) is 0 Å². The summed E-state index contributed by atoms with van der Waals surface area (Å²) in [5, 5.41) is 16.4. The molecule has 7 nitrogen and oxygen atoms in total. The van der Waals surface area contributed by atoms with Crippen molar-refractivity contribution in [3.05, 3.63) is 46.8 Å². The fourth-order valence-corrected chi connectivity index (χ4v) is 4.72. The number of carbonyl (C=O) groups excluding carboxylic acids is 1. The molecule has 168 valence electrons. The molecule has 0 radical (unpaired) electrons. The van der Waals surface area contributed by atoms with Gasteiger partial charge in [0.15, 0.2) is 5.69 Å². The Morgan fingerprint density at radius 2 is 2.12 bits per heavy atom. The molecule has 1 amide bonds. The van der Waals surface area contributed by atoms with Gasteiger partial charge in [-0.2, -0.15) is 23.5 Å². The second-order valence-corrected chi connectivity index (χ2v) is 8.80. The number of halogens is 3. The van der Waals surface area contributed by atoms with Crippen molar-refractivity contribution in [2.24, 2.45) is 0 Å². The predicted octanol–water partition coefficient (Wildman–Crippen LogP) is 2.79. The highest BCUT2D eigenvalue weighted by molar-refractivity contribution is 5.92. The van der Waals surface area contributed by atoms with Crippen LogP contribution < -0.4 is 10.1 Å². The van der Waals surface area contributed by atoms with E-state index in [1.807, 2.05) is 4.90 Å². The van der Waals surface area contributed by atoms with Crippen molar-refractivity contribution >= 4 is 5.91 Å². The number of amides is 1. The van der Waals surface area contributed by atoms with Gasteiger partial charge in [0.05, 0.1) is 36.3 Å². The Bertz CT molecular complexity index is 1100. The first-order chi connectivity index (χ1) is 15.2. The molecule has 2 aliphatic heterocycles. The summed E-state index contributed by atoms with van der Waals surface area (Å²) in [5.74, 6) is 0.364. The van der Waals surface area contributed by atoms with E-state index in [0.29, 0.717) is 56.8 Å². The zero-order chi connectivity index (χ0) is 22.5. The van der Waals surface area contributed by atoms with Crippen LogP contribution in [-0.4, -0.2) is 51.5 Å². The van der Waals surface area contributed by atoms with E-state index in [-0.39, 0.29) is 17.6 Å². The number of nitrogens with one attached hydrogen (secondary N) is 1. The van der Waals surface area contributed by atoms with Crippen LogP contribution in [0, 0.1) is 11.3 Å². The Kier molecular flexibility index (Phi) is 4.89. The van der Waals surface area contributed by atoms with Crippen LogP contribution >= 0.6 is 0 Å². The monoisotopic (exact) mass is 445 g/mol. The minimum absolute atomic E-state index is 0.249. The molecule has 0 spiro atoms. The maximum Gasteiger partial charge on any atom is 0.390 e. The maximum absolute atomic E-state index is 13.0. The molecule has 1 aromatic carbocycles. The number of ether oxygens (including phenoxy) is 1. The molecule has 32 heavy (non-hydrogen) atoms. The van der Waals surface area contributed by atoms with Gasteiger partial charge in [-0.25, -0.2) is 0 Å². The molecular formula is C22H22F3N5O2. The molecule has 10 heteroatoms. The fraction of sp³-hybridized carbons (Fsp3) is 0.500. The van der Waals surface area contributed by atoms with Crippen molar-refractivity contribution in [3.63, 3.8) is 0 Å². The van der Waals surface area contributed by atoms with Crippen molar-refractivity contribution in [2.45, 2.75) is 56.5 Å². The molecule has 1 atom stereocenters. The van der Waals surface area contributed by atoms with Crippen molar-refractivity contribution < 1.29 is 22.7 Å². The standard InChI is InChI=1S/C22H22F3N5O2/c23-22(24,25)13-21(3-4-21)29-5-6-30-17(11-29)9-18(28-30)20(31)27-16-8-15-7-14(10-26)1-2-19(15)32-12-16/h1-2,7,9,16H,3-6,8,11-13H2,(H,27,31)/t16-/m1/s1. The average molecular weight is 445 g/mol. The summed E-state index contributed by atoms with van der Waals surface area (Å²) >= 11 is 0. The molecule has 1 fully saturated rings. The number of nitriles is 1. The van der Waals surface area contributed by atoms with E-state index in [4.69, 9.17) is 10.00 Å². The first-order valence-electron chi connectivity index (χ1n) is 10.6. The third kappa shape index (κ3) is 4.05. The van der Waals surface area contributed by atoms with Gasteiger partial charge >= 0.3 is 6.18 Å². The first-order valence-corrected chi connectivity index (χ1v) is 10.6. The molecule has 0 bridgehead atoms. The van der Waals surface area contributed by atoms with Crippen molar-refractivity contribution in [1.29, 1.82) is 5.26 Å². The van der Waals surface area contributed by atoms with E-state index in [2.05, 4.69) is 16.5 Å². The highest BCUT2D eigenvalue weighted by Gasteiger charge is 2.54. The van der Waals surface area contributed by atoms with Crippen LogP contribution in [0.1, 0.15) is 46.6 Å². The summed E-state index contributed by atoms with van der Waals surface area (Å²) in [5.41, 5.74) is 1.59. The Hall–Kier alpha value is -3.06. The molecule has 2 aromatic rings. The quantitative estimate of drug-likeness (QED) is 0.783. The Balaban J connectivity index is 1.24. The summed E-state index contributed by atoms with van der Waals surface area (Å²) in [6, 6.07) is 8.70. The zero-order valence-electron chi connectivity index (χ0n) is 17.3. The van der Waals surface area contributed by atoms with Crippen LogP contribution in [0.4, 0.5) is 13.2 Å². The fourth-order valence-electron chi connectivity index (χ4n) is 4.72. The van der Waals surface area contributed by atoms with Gasteiger partial charge in [-0.3, -0.25) is 14.4 Å². The summed E-state index contributed by atoms with van der Waals surface area (Å²) in [7, 11) is 0. The van der Waals surface area contributed by atoms with Crippen molar-refractivity contribution in [1.82, 2.24) is 20.0 Å². The molecule has 0 saturated heterocycles. The highest BCUT2D eigenvalue weighted by Crippen LogP contribution is 2.50. The van der Waals surface area contributed by atoms with Gasteiger partial charge in [-0.15, -0.1) is 0 Å². The second kappa shape index (κ2) is 7.52. The Morgan fingerprint density at radius 3 is 2.84 bits per heavy atom. The second-order valence-electron chi connectivity index (χ2n) is 8.80. The molecule has 1 N–H and O–H groups in total. The van der Waals surface area contributed by atoms with Crippen LogP contribution in [-0.2, 0) is 19.5 Å². The van der Waals surface area contributed by atoms with Gasteiger partial charge in [-0.1, -0.05) is 0 Å². The van der Waals surface area contributed by atoms with E-state index in [1.54, 1.807) is 28.9 Å².